The van der Waals surface area contributed by atoms with Gasteiger partial charge in [-0.1, -0.05) is 0 Å². The molecule has 1 heterocycles. The lowest BCUT2D eigenvalue weighted by atomic mass is 9.96. The van der Waals surface area contributed by atoms with Crippen molar-refractivity contribution in [1.82, 2.24) is 9.80 Å². The summed E-state index contributed by atoms with van der Waals surface area (Å²) in [5.41, 5.74) is 0.526. The van der Waals surface area contributed by atoms with Crippen molar-refractivity contribution in [2.24, 2.45) is 5.92 Å². The highest BCUT2D eigenvalue weighted by atomic mass is 19.3. The Morgan fingerprint density at radius 1 is 1.19 bits per heavy atom. The maximum absolute atomic E-state index is 12.4. The van der Waals surface area contributed by atoms with Gasteiger partial charge in [-0.25, -0.2) is 4.79 Å². The molecule has 0 saturated carbocycles. The molecule has 2 rings (SSSR count). The van der Waals surface area contributed by atoms with Crippen molar-refractivity contribution in [2.75, 3.05) is 31.5 Å². The molecule has 1 N–H and O–H groups in total. The second kappa shape index (κ2) is 9.35. The summed E-state index contributed by atoms with van der Waals surface area (Å²) in [6.07, 6.45) is 1.21. The van der Waals surface area contributed by atoms with E-state index < -0.39 is 6.61 Å². The fourth-order valence-electron chi connectivity index (χ4n) is 2.99. The normalized spacial score (nSPS) is 15.0. The second-order valence-corrected chi connectivity index (χ2v) is 6.11. The zero-order valence-corrected chi connectivity index (χ0v) is 15.1. The van der Waals surface area contributed by atoms with Gasteiger partial charge in [0.15, 0.2) is 0 Å². The van der Waals surface area contributed by atoms with E-state index in [2.05, 4.69) is 10.1 Å². The molecular weight excluding hydrogens is 344 g/mol. The molecule has 3 amide bonds. The first-order valence-electron chi connectivity index (χ1n) is 8.84. The van der Waals surface area contributed by atoms with Gasteiger partial charge in [0, 0.05) is 37.8 Å². The third-order valence-electron chi connectivity index (χ3n) is 4.52. The number of likely N-dealkylation sites (tertiary alicyclic amines) is 1. The minimum Gasteiger partial charge on any atom is -0.435 e. The topological polar surface area (TPSA) is 61.9 Å². The fourth-order valence-corrected chi connectivity index (χ4v) is 2.99. The van der Waals surface area contributed by atoms with Gasteiger partial charge in [-0.3, -0.25) is 4.79 Å². The lowest BCUT2D eigenvalue weighted by molar-refractivity contribution is -0.121. The van der Waals surface area contributed by atoms with Crippen LogP contribution in [0.15, 0.2) is 24.3 Å². The third kappa shape index (κ3) is 5.31. The molecule has 0 aromatic heterocycles. The maximum atomic E-state index is 12.4. The molecule has 1 aromatic carbocycles. The van der Waals surface area contributed by atoms with E-state index in [9.17, 15) is 18.4 Å². The molecule has 0 atom stereocenters. The summed E-state index contributed by atoms with van der Waals surface area (Å²) in [6, 6.07) is 5.83. The number of anilines is 1. The Morgan fingerprint density at radius 2 is 1.77 bits per heavy atom. The van der Waals surface area contributed by atoms with Crippen LogP contribution >= 0.6 is 0 Å². The summed E-state index contributed by atoms with van der Waals surface area (Å²) < 4.78 is 28.5. The number of hydrogen-bond donors (Lipinski definition) is 1. The van der Waals surface area contributed by atoms with Crippen LogP contribution in [0, 0.1) is 5.92 Å². The SMILES string of the molecule is CCN(CC)C(=O)N1CCC(C(=O)Nc2ccc(OC(F)F)cc2)CC1. The predicted octanol–water partition coefficient (Wildman–Crippen LogP) is 3.40. The van der Waals surface area contributed by atoms with Crippen LogP contribution in [0.25, 0.3) is 0 Å². The van der Waals surface area contributed by atoms with Crippen molar-refractivity contribution in [3.05, 3.63) is 24.3 Å². The van der Waals surface area contributed by atoms with Crippen LogP contribution in [-0.2, 0) is 4.79 Å². The molecular formula is C18H25F2N3O3. The van der Waals surface area contributed by atoms with Crippen molar-refractivity contribution >= 4 is 17.6 Å². The van der Waals surface area contributed by atoms with Gasteiger partial charge in [-0.2, -0.15) is 8.78 Å². The molecule has 1 saturated heterocycles. The monoisotopic (exact) mass is 369 g/mol. The largest absolute Gasteiger partial charge is 0.435 e. The Bertz CT molecular complexity index is 598. The highest BCUT2D eigenvalue weighted by molar-refractivity contribution is 5.92. The molecule has 1 fully saturated rings. The maximum Gasteiger partial charge on any atom is 0.387 e. The zero-order chi connectivity index (χ0) is 19.1. The number of benzene rings is 1. The van der Waals surface area contributed by atoms with Crippen LogP contribution in [-0.4, -0.2) is 54.5 Å². The summed E-state index contributed by atoms with van der Waals surface area (Å²) in [5, 5.41) is 2.79. The number of rotatable bonds is 6. The third-order valence-corrected chi connectivity index (χ3v) is 4.52. The molecule has 0 aliphatic carbocycles. The van der Waals surface area contributed by atoms with Crippen LogP contribution < -0.4 is 10.1 Å². The molecule has 0 radical (unpaired) electrons. The van der Waals surface area contributed by atoms with Crippen LogP contribution in [0.4, 0.5) is 19.3 Å². The summed E-state index contributed by atoms with van der Waals surface area (Å²) in [4.78, 5) is 28.3. The van der Waals surface area contributed by atoms with Crippen molar-refractivity contribution in [1.29, 1.82) is 0 Å². The van der Waals surface area contributed by atoms with Gasteiger partial charge in [0.25, 0.3) is 0 Å². The van der Waals surface area contributed by atoms with E-state index >= 15 is 0 Å². The number of carbonyl (C=O) groups is 2. The van der Waals surface area contributed by atoms with Crippen molar-refractivity contribution in [3.8, 4) is 5.75 Å². The summed E-state index contributed by atoms with van der Waals surface area (Å²) in [5.74, 6) is -0.253. The van der Waals surface area contributed by atoms with E-state index in [0.717, 1.165) is 0 Å². The molecule has 0 bridgehead atoms. The molecule has 1 aliphatic heterocycles. The van der Waals surface area contributed by atoms with Crippen molar-refractivity contribution < 1.29 is 23.1 Å². The molecule has 26 heavy (non-hydrogen) atoms. The molecule has 6 nitrogen and oxygen atoms in total. The number of ether oxygens (including phenoxy) is 1. The van der Waals surface area contributed by atoms with Crippen LogP contribution in [0.3, 0.4) is 0 Å². The van der Waals surface area contributed by atoms with Gasteiger partial charge in [0.2, 0.25) is 5.91 Å². The lowest BCUT2D eigenvalue weighted by Gasteiger charge is -2.34. The Labute approximate surface area is 152 Å². The molecule has 144 valence electrons. The Kier molecular flexibility index (Phi) is 7.17. The van der Waals surface area contributed by atoms with Gasteiger partial charge < -0.3 is 19.9 Å². The first-order chi connectivity index (χ1) is 12.4. The van der Waals surface area contributed by atoms with Crippen LogP contribution in [0.1, 0.15) is 26.7 Å². The minimum absolute atomic E-state index is 0.0171. The first-order valence-corrected chi connectivity index (χ1v) is 8.84. The minimum atomic E-state index is -2.88. The standard InChI is InChI=1S/C18H25F2N3O3/c1-3-22(4-2)18(25)23-11-9-13(10-12-23)16(24)21-14-5-7-15(8-6-14)26-17(19)20/h5-8,13,17H,3-4,9-12H2,1-2H3,(H,21,24). The van der Waals surface area contributed by atoms with E-state index in [-0.39, 0.29) is 23.6 Å². The van der Waals surface area contributed by atoms with E-state index in [1.807, 2.05) is 13.8 Å². The van der Waals surface area contributed by atoms with E-state index in [1.165, 1.54) is 24.3 Å². The average molecular weight is 369 g/mol. The molecule has 0 spiro atoms. The Balaban J connectivity index is 1.83. The lowest BCUT2D eigenvalue weighted by Crippen LogP contribution is -2.47. The van der Waals surface area contributed by atoms with Crippen LogP contribution in [0.2, 0.25) is 0 Å². The number of halogens is 2. The fraction of sp³-hybridized carbons (Fsp3) is 0.556. The Morgan fingerprint density at radius 3 is 2.27 bits per heavy atom. The molecule has 8 heteroatoms. The summed E-state index contributed by atoms with van der Waals surface area (Å²) in [7, 11) is 0. The van der Waals surface area contributed by atoms with E-state index in [1.54, 1.807) is 9.80 Å². The predicted molar refractivity (Wildman–Crippen MR) is 94.3 cm³/mol. The number of piperidine rings is 1. The van der Waals surface area contributed by atoms with Crippen molar-refractivity contribution in [2.45, 2.75) is 33.3 Å². The zero-order valence-electron chi connectivity index (χ0n) is 15.1. The molecule has 0 unspecified atom stereocenters. The van der Waals surface area contributed by atoms with Crippen molar-refractivity contribution in [3.63, 3.8) is 0 Å². The second-order valence-electron chi connectivity index (χ2n) is 6.11. The van der Waals surface area contributed by atoms with Gasteiger partial charge in [-0.05, 0) is 51.0 Å². The molecule has 1 aliphatic rings. The average Bonchev–Trinajstić information content (AvgIpc) is 2.64. The van der Waals surface area contributed by atoms with Gasteiger partial charge in [0.1, 0.15) is 5.75 Å². The number of carbonyl (C=O) groups excluding carboxylic acids is 2. The number of alkyl halides is 2. The number of amides is 3. The summed E-state index contributed by atoms with van der Waals surface area (Å²) >= 11 is 0. The smallest absolute Gasteiger partial charge is 0.387 e. The Hall–Kier alpha value is -2.38. The number of urea groups is 1. The van der Waals surface area contributed by atoms with E-state index in [0.29, 0.717) is 44.7 Å². The first kappa shape index (κ1) is 19.9. The molecule has 1 aromatic rings. The number of nitrogens with zero attached hydrogens (tertiary/aromatic N) is 2. The van der Waals surface area contributed by atoms with Gasteiger partial charge in [-0.15, -0.1) is 0 Å². The van der Waals surface area contributed by atoms with Gasteiger partial charge >= 0.3 is 12.6 Å². The highest BCUT2D eigenvalue weighted by Crippen LogP contribution is 2.22. The summed E-state index contributed by atoms with van der Waals surface area (Å²) in [6.45, 7) is 3.45. The van der Waals surface area contributed by atoms with E-state index in [4.69, 9.17) is 0 Å². The van der Waals surface area contributed by atoms with Crippen LogP contribution in [0.5, 0.6) is 5.75 Å². The number of hydrogen-bond acceptors (Lipinski definition) is 3. The van der Waals surface area contributed by atoms with Gasteiger partial charge in [0.05, 0.1) is 0 Å². The quantitative estimate of drug-likeness (QED) is 0.836. The number of nitrogens with one attached hydrogen (secondary N) is 1. The highest BCUT2D eigenvalue weighted by Gasteiger charge is 2.28.